The largest absolute Gasteiger partial charge is 0.496 e. The minimum absolute atomic E-state index is 0.0299. The summed E-state index contributed by atoms with van der Waals surface area (Å²) in [6.45, 7) is 2.39. The van der Waals surface area contributed by atoms with E-state index in [-0.39, 0.29) is 23.4 Å². The molecule has 0 radical (unpaired) electrons. The van der Waals surface area contributed by atoms with E-state index in [2.05, 4.69) is 20.3 Å². The first-order valence-electron chi connectivity index (χ1n) is 11.0. The lowest BCUT2D eigenvalue weighted by molar-refractivity contribution is 0.0709. The van der Waals surface area contributed by atoms with Gasteiger partial charge in [0.25, 0.3) is 5.91 Å². The first-order valence-corrected chi connectivity index (χ1v) is 11.0. The van der Waals surface area contributed by atoms with Gasteiger partial charge in [0.05, 0.1) is 43.4 Å². The lowest BCUT2D eigenvalue weighted by Crippen LogP contribution is -2.31. The van der Waals surface area contributed by atoms with Gasteiger partial charge in [-0.25, -0.2) is 4.39 Å². The highest BCUT2D eigenvalue weighted by Crippen LogP contribution is 2.37. The summed E-state index contributed by atoms with van der Waals surface area (Å²) in [5, 5.41) is 12.4. The van der Waals surface area contributed by atoms with Crippen molar-refractivity contribution in [2.75, 3.05) is 20.8 Å². The van der Waals surface area contributed by atoms with E-state index in [9.17, 15) is 9.18 Å². The van der Waals surface area contributed by atoms with Crippen LogP contribution < -0.4 is 9.47 Å². The van der Waals surface area contributed by atoms with Gasteiger partial charge in [-0.05, 0) is 49.6 Å². The summed E-state index contributed by atoms with van der Waals surface area (Å²) in [5.74, 6) is 0.313. The Morgan fingerprint density at radius 1 is 1.17 bits per heavy atom. The molecule has 35 heavy (non-hydrogen) atoms. The molecule has 1 amide bonds. The fourth-order valence-corrected chi connectivity index (χ4v) is 4.36. The van der Waals surface area contributed by atoms with Gasteiger partial charge in [0.15, 0.2) is 11.6 Å². The SMILES string of the molecule is COc1cc(C(=O)N2CCC[C@H]2c2nc(-c3cccc(F)c3OC)no2)c(-n2nccn2)cc1C. The van der Waals surface area contributed by atoms with Crippen molar-refractivity contribution in [2.24, 2.45) is 0 Å². The van der Waals surface area contributed by atoms with Crippen LogP contribution in [0, 0.1) is 12.7 Å². The number of nitrogens with zero attached hydrogens (tertiary/aromatic N) is 6. The molecule has 10 nitrogen and oxygen atoms in total. The van der Waals surface area contributed by atoms with Crippen molar-refractivity contribution in [3.63, 3.8) is 0 Å². The van der Waals surface area contributed by atoms with Gasteiger partial charge in [0.1, 0.15) is 11.8 Å². The number of likely N-dealkylation sites (tertiary alicyclic amines) is 1. The van der Waals surface area contributed by atoms with E-state index in [1.165, 1.54) is 18.0 Å². The number of hydrogen-bond donors (Lipinski definition) is 0. The Hall–Kier alpha value is -4.28. The number of amides is 1. The number of benzene rings is 2. The zero-order chi connectivity index (χ0) is 24.5. The van der Waals surface area contributed by atoms with Crippen LogP contribution in [0.15, 0.2) is 47.2 Å². The summed E-state index contributed by atoms with van der Waals surface area (Å²) in [6.07, 6.45) is 4.50. The first-order chi connectivity index (χ1) is 17.0. The van der Waals surface area contributed by atoms with Crippen molar-refractivity contribution in [3.05, 3.63) is 65.6 Å². The molecule has 1 atom stereocenters. The number of hydrogen-bond acceptors (Lipinski definition) is 8. The lowest BCUT2D eigenvalue weighted by Gasteiger charge is -2.23. The van der Waals surface area contributed by atoms with E-state index < -0.39 is 11.9 Å². The van der Waals surface area contributed by atoms with E-state index in [4.69, 9.17) is 14.0 Å². The van der Waals surface area contributed by atoms with Crippen molar-refractivity contribution in [2.45, 2.75) is 25.8 Å². The van der Waals surface area contributed by atoms with Crippen LogP contribution in [0.25, 0.3) is 17.1 Å². The van der Waals surface area contributed by atoms with Crippen LogP contribution in [0.1, 0.15) is 40.7 Å². The molecular formula is C24H23FN6O4. The van der Waals surface area contributed by atoms with Crippen LogP contribution >= 0.6 is 0 Å². The Bertz CT molecular complexity index is 1370. The quantitative estimate of drug-likeness (QED) is 0.412. The smallest absolute Gasteiger partial charge is 0.256 e. The molecule has 0 unspecified atom stereocenters. The van der Waals surface area contributed by atoms with Crippen molar-refractivity contribution >= 4 is 5.91 Å². The zero-order valence-corrected chi connectivity index (χ0v) is 19.4. The van der Waals surface area contributed by atoms with Gasteiger partial charge in [0.2, 0.25) is 11.7 Å². The Balaban J connectivity index is 1.50. The topological polar surface area (TPSA) is 108 Å². The van der Waals surface area contributed by atoms with E-state index in [0.29, 0.717) is 35.5 Å². The molecule has 2 aromatic heterocycles. The lowest BCUT2D eigenvalue weighted by atomic mass is 10.1. The van der Waals surface area contributed by atoms with Crippen LogP contribution in [-0.2, 0) is 0 Å². The second-order valence-electron chi connectivity index (χ2n) is 8.09. The third kappa shape index (κ3) is 3.98. The number of carbonyl (C=O) groups is 1. The maximum atomic E-state index is 14.2. The predicted octanol–water partition coefficient (Wildman–Crippen LogP) is 3.76. The van der Waals surface area contributed by atoms with Crippen molar-refractivity contribution in [3.8, 4) is 28.6 Å². The molecule has 1 aliphatic heterocycles. The molecule has 0 bridgehead atoms. The molecule has 1 fully saturated rings. The Kier molecular flexibility index (Phi) is 5.89. The number of rotatable bonds is 6. The van der Waals surface area contributed by atoms with Crippen LogP contribution in [-0.4, -0.2) is 56.7 Å². The molecule has 4 aromatic rings. The molecule has 0 N–H and O–H groups in total. The molecule has 3 heterocycles. The van der Waals surface area contributed by atoms with Crippen molar-refractivity contribution in [1.29, 1.82) is 0 Å². The highest BCUT2D eigenvalue weighted by molar-refractivity contribution is 5.98. The molecule has 2 aromatic carbocycles. The molecule has 11 heteroatoms. The number of para-hydroxylation sites is 1. The number of methoxy groups -OCH3 is 2. The Morgan fingerprint density at radius 2 is 1.97 bits per heavy atom. The molecule has 180 valence electrons. The number of aromatic nitrogens is 5. The third-order valence-electron chi connectivity index (χ3n) is 6.03. The van der Waals surface area contributed by atoms with Crippen LogP contribution in [0.2, 0.25) is 0 Å². The van der Waals surface area contributed by atoms with Gasteiger partial charge >= 0.3 is 0 Å². The van der Waals surface area contributed by atoms with Gasteiger partial charge in [-0.1, -0.05) is 11.2 Å². The van der Waals surface area contributed by atoms with Crippen LogP contribution in [0.5, 0.6) is 11.5 Å². The monoisotopic (exact) mass is 478 g/mol. The van der Waals surface area contributed by atoms with Gasteiger partial charge < -0.3 is 18.9 Å². The minimum Gasteiger partial charge on any atom is -0.496 e. The first kappa shape index (κ1) is 22.5. The summed E-state index contributed by atoms with van der Waals surface area (Å²) >= 11 is 0. The van der Waals surface area contributed by atoms with E-state index in [1.807, 2.05) is 13.0 Å². The van der Waals surface area contributed by atoms with Gasteiger partial charge in [-0.15, -0.1) is 0 Å². The fraction of sp³-hybridized carbons (Fsp3) is 0.292. The number of carbonyl (C=O) groups excluding carboxylic acids is 1. The van der Waals surface area contributed by atoms with E-state index in [0.717, 1.165) is 12.0 Å². The van der Waals surface area contributed by atoms with Gasteiger partial charge in [0, 0.05) is 6.54 Å². The van der Waals surface area contributed by atoms with Crippen LogP contribution in [0.3, 0.4) is 0 Å². The average molecular weight is 478 g/mol. The summed E-state index contributed by atoms with van der Waals surface area (Å²) in [6, 6.07) is 7.57. The zero-order valence-electron chi connectivity index (χ0n) is 19.4. The van der Waals surface area contributed by atoms with Gasteiger partial charge in [-0.2, -0.15) is 20.0 Å². The highest BCUT2D eigenvalue weighted by atomic mass is 19.1. The third-order valence-corrected chi connectivity index (χ3v) is 6.03. The molecule has 1 saturated heterocycles. The summed E-state index contributed by atoms with van der Waals surface area (Å²) in [7, 11) is 2.93. The van der Waals surface area contributed by atoms with Crippen LogP contribution in [0.4, 0.5) is 4.39 Å². The standard InChI is InChI=1S/C24H23FN6O4/c1-14-12-19(31-26-9-10-27-31)16(13-20(14)33-2)24(32)30-11-5-8-18(30)23-28-22(29-35-23)15-6-4-7-17(25)21(15)34-3/h4,6-7,9-10,12-13,18H,5,8,11H2,1-3H3/t18-/m0/s1. The number of halogens is 1. The maximum absolute atomic E-state index is 14.2. The van der Waals surface area contributed by atoms with Crippen molar-refractivity contribution in [1.82, 2.24) is 30.0 Å². The summed E-state index contributed by atoms with van der Waals surface area (Å²) in [5.41, 5.74) is 2.15. The maximum Gasteiger partial charge on any atom is 0.256 e. The predicted molar refractivity (Wildman–Crippen MR) is 122 cm³/mol. The Labute approximate surface area is 200 Å². The molecule has 5 rings (SSSR count). The summed E-state index contributed by atoms with van der Waals surface area (Å²) in [4.78, 5) is 21.4. The fourth-order valence-electron chi connectivity index (χ4n) is 4.36. The molecule has 0 spiro atoms. The van der Waals surface area contributed by atoms with E-state index >= 15 is 0 Å². The van der Waals surface area contributed by atoms with Gasteiger partial charge in [-0.3, -0.25) is 4.79 Å². The molecule has 1 aliphatic rings. The van der Waals surface area contributed by atoms with E-state index in [1.54, 1.807) is 42.6 Å². The van der Waals surface area contributed by atoms with Crippen molar-refractivity contribution < 1.29 is 23.2 Å². The highest BCUT2D eigenvalue weighted by Gasteiger charge is 2.36. The molecule has 0 saturated carbocycles. The second kappa shape index (κ2) is 9.16. The molecule has 0 aliphatic carbocycles. The second-order valence-corrected chi connectivity index (χ2v) is 8.09. The normalized spacial score (nSPS) is 15.4. The summed E-state index contributed by atoms with van der Waals surface area (Å²) < 4.78 is 30.3. The molecular weight excluding hydrogens is 455 g/mol. The minimum atomic E-state index is -0.526. The number of aryl methyl sites for hydroxylation is 1. The average Bonchev–Trinajstić information content (AvgIpc) is 3.64. The number of ether oxygens (including phenoxy) is 2. The Morgan fingerprint density at radius 3 is 2.71 bits per heavy atom.